The molecule has 0 amide bonds. The Morgan fingerprint density at radius 2 is 0.875 bits per heavy atom. The zero-order valence-corrected chi connectivity index (χ0v) is 19.0. The standard InChI is InChI=1S/2C14H14N2/c2*1-11-6-5-7-12(2)14(11)16-10-13-8-3-4-9-15-13/h2*3-10H,1-2H3. The first-order valence-electron chi connectivity index (χ1n) is 10.6. The van der Waals surface area contributed by atoms with E-state index in [1.807, 2.05) is 48.5 Å². The maximum atomic E-state index is 4.49. The molecule has 2 aromatic heterocycles. The molecular formula is C28H28N4. The third kappa shape index (κ3) is 6.54. The number of hydrogen-bond acceptors (Lipinski definition) is 4. The van der Waals surface area contributed by atoms with Crippen LogP contribution in [0.25, 0.3) is 0 Å². The summed E-state index contributed by atoms with van der Waals surface area (Å²) >= 11 is 0. The number of para-hydroxylation sites is 2. The smallest absolute Gasteiger partial charge is 0.0812 e. The molecule has 32 heavy (non-hydrogen) atoms. The topological polar surface area (TPSA) is 50.5 Å². The molecule has 2 heterocycles. The fraction of sp³-hybridized carbons (Fsp3) is 0.143. The fourth-order valence-electron chi connectivity index (χ4n) is 3.18. The predicted octanol–water partition coefficient (Wildman–Crippen LogP) is 6.90. The number of benzene rings is 2. The molecule has 0 spiro atoms. The summed E-state index contributed by atoms with van der Waals surface area (Å²) < 4.78 is 0. The summed E-state index contributed by atoms with van der Waals surface area (Å²) in [6.45, 7) is 8.27. The van der Waals surface area contributed by atoms with Crippen molar-refractivity contribution in [3.63, 3.8) is 0 Å². The molecule has 0 N–H and O–H groups in total. The molecule has 0 unspecified atom stereocenters. The van der Waals surface area contributed by atoms with Crippen LogP contribution in [0.1, 0.15) is 33.6 Å². The van der Waals surface area contributed by atoms with Gasteiger partial charge in [-0.05, 0) is 74.2 Å². The molecule has 0 fully saturated rings. The number of nitrogens with zero attached hydrogens (tertiary/aromatic N) is 4. The van der Waals surface area contributed by atoms with Crippen molar-refractivity contribution in [3.05, 3.63) is 119 Å². The zero-order chi connectivity index (χ0) is 22.8. The second-order valence-electron chi connectivity index (χ2n) is 7.51. The lowest BCUT2D eigenvalue weighted by molar-refractivity contribution is 1.29. The Hall–Kier alpha value is -3.92. The van der Waals surface area contributed by atoms with E-state index in [0.29, 0.717) is 0 Å². The SMILES string of the molecule is Cc1cccc(C)c1N=Cc1ccccn1.Cc1cccc(C)c1N=Cc1ccccn1. The van der Waals surface area contributed by atoms with Crippen LogP contribution < -0.4 is 0 Å². The molecular weight excluding hydrogens is 392 g/mol. The first-order valence-corrected chi connectivity index (χ1v) is 10.6. The average molecular weight is 421 g/mol. The van der Waals surface area contributed by atoms with Crippen LogP contribution in [0.5, 0.6) is 0 Å². The molecule has 2 aromatic carbocycles. The molecule has 4 rings (SSSR count). The monoisotopic (exact) mass is 420 g/mol. The molecule has 4 nitrogen and oxygen atoms in total. The predicted molar refractivity (Wildman–Crippen MR) is 135 cm³/mol. The third-order valence-corrected chi connectivity index (χ3v) is 4.91. The number of aromatic nitrogens is 2. The van der Waals surface area contributed by atoms with E-state index >= 15 is 0 Å². The summed E-state index contributed by atoms with van der Waals surface area (Å²) in [5.41, 5.74) is 8.58. The lowest BCUT2D eigenvalue weighted by Gasteiger charge is -2.03. The van der Waals surface area contributed by atoms with Crippen molar-refractivity contribution in [2.24, 2.45) is 9.98 Å². The van der Waals surface area contributed by atoms with Gasteiger partial charge in [0.15, 0.2) is 0 Å². The molecule has 0 saturated carbocycles. The Labute approximate surface area is 190 Å². The largest absolute Gasteiger partial charge is 0.255 e. The quantitative estimate of drug-likeness (QED) is 0.337. The van der Waals surface area contributed by atoms with Crippen LogP contribution in [0.4, 0.5) is 11.4 Å². The summed E-state index contributed by atoms with van der Waals surface area (Å²) in [6, 6.07) is 24.0. The normalized spacial score (nSPS) is 10.9. The molecule has 4 aromatic rings. The summed E-state index contributed by atoms with van der Waals surface area (Å²) in [5, 5.41) is 0. The van der Waals surface area contributed by atoms with E-state index in [4.69, 9.17) is 0 Å². The van der Waals surface area contributed by atoms with Crippen molar-refractivity contribution in [3.8, 4) is 0 Å². The number of aryl methyl sites for hydroxylation is 4. The van der Waals surface area contributed by atoms with E-state index in [1.54, 1.807) is 24.8 Å². The van der Waals surface area contributed by atoms with E-state index in [1.165, 1.54) is 22.3 Å². The van der Waals surface area contributed by atoms with Gasteiger partial charge in [0.2, 0.25) is 0 Å². The van der Waals surface area contributed by atoms with E-state index in [9.17, 15) is 0 Å². The van der Waals surface area contributed by atoms with E-state index < -0.39 is 0 Å². The minimum Gasteiger partial charge on any atom is -0.255 e. The first-order chi connectivity index (χ1) is 15.5. The van der Waals surface area contributed by atoms with Gasteiger partial charge in [-0.2, -0.15) is 0 Å². The highest BCUT2D eigenvalue weighted by Gasteiger charge is 1.99. The van der Waals surface area contributed by atoms with E-state index in [2.05, 4.69) is 71.9 Å². The lowest BCUT2D eigenvalue weighted by atomic mass is 10.1. The van der Waals surface area contributed by atoms with Gasteiger partial charge in [0.05, 0.1) is 35.2 Å². The van der Waals surface area contributed by atoms with Crippen LogP contribution in [0.3, 0.4) is 0 Å². The van der Waals surface area contributed by atoms with Gasteiger partial charge >= 0.3 is 0 Å². The highest BCUT2D eigenvalue weighted by Crippen LogP contribution is 2.23. The maximum absolute atomic E-state index is 4.49. The van der Waals surface area contributed by atoms with Crippen molar-refractivity contribution in [1.29, 1.82) is 0 Å². The van der Waals surface area contributed by atoms with Crippen LogP contribution >= 0.6 is 0 Å². The number of aliphatic imine (C=N–C) groups is 2. The third-order valence-electron chi connectivity index (χ3n) is 4.91. The first kappa shape index (κ1) is 22.8. The van der Waals surface area contributed by atoms with Gasteiger partial charge in [-0.1, -0.05) is 48.5 Å². The van der Waals surface area contributed by atoms with Crippen molar-refractivity contribution in [1.82, 2.24) is 9.97 Å². The number of rotatable bonds is 4. The summed E-state index contributed by atoms with van der Waals surface area (Å²) in [7, 11) is 0. The van der Waals surface area contributed by atoms with Crippen LogP contribution in [0.2, 0.25) is 0 Å². The molecule has 0 radical (unpaired) electrons. The van der Waals surface area contributed by atoms with Gasteiger partial charge in [-0.3, -0.25) is 20.0 Å². The van der Waals surface area contributed by atoms with Crippen LogP contribution in [-0.2, 0) is 0 Å². The minimum absolute atomic E-state index is 0.880. The molecule has 0 aliphatic carbocycles. The van der Waals surface area contributed by atoms with Crippen LogP contribution in [0.15, 0.2) is 95.2 Å². The Morgan fingerprint density at radius 3 is 1.19 bits per heavy atom. The maximum Gasteiger partial charge on any atom is 0.0812 e. The van der Waals surface area contributed by atoms with Gasteiger partial charge in [0, 0.05) is 12.4 Å². The fourth-order valence-corrected chi connectivity index (χ4v) is 3.18. The zero-order valence-electron chi connectivity index (χ0n) is 19.0. The lowest BCUT2D eigenvalue weighted by Crippen LogP contribution is -1.86. The van der Waals surface area contributed by atoms with Gasteiger partial charge in [0.25, 0.3) is 0 Å². The molecule has 160 valence electrons. The van der Waals surface area contributed by atoms with Crippen molar-refractivity contribution in [2.45, 2.75) is 27.7 Å². The van der Waals surface area contributed by atoms with Gasteiger partial charge in [-0.15, -0.1) is 0 Å². The average Bonchev–Trinajstić information content (AvgIpc) is 2.80. The molecule has 0 aliphatic heterocycles. The van der Waals surface area contributed by atoms with E-state index in [-0.39, 0.29) is 0 Å². The highest BCUT2D eigenvalue weighted by molar-refractivity contribution is 5.81. The Morgan fingerprint density at radius 1 is 0.500 bits per heavy atom. The Balaban J connectivity index is 0.000000181. The summed E-state index contributed by atoms with van der Waals surface area (Å²) in [6.07, 6.45) is 7.14. The van der Waals surface area contributed by atoms with Crippen molar-refractivity contribution >= 4 is 23.8 Å². The van der Waals surface area contributed by atoms with Crippen LogP contribution in [-0.4, -0.2) is 22.4 Å². The van der Waals surface area contributed by atoms with Gasteiger partial charge in [-0.25, -0.2) is 0 Å². The minimum atomic E-state index is 0.880. The Kier molecular flexibility index (Phi) is 8.15. The second-order valence-corrected chi connectivity index (χ2v) is 7.51. The summed E-state index contributed by atoms with van der Waals surface area (Å²) in [5.74, 6) is 0. The van der Waals surface area contributed by atoms with Crippen LogP contribution in [0, 0.1) is 27.7 Å². The molecule has 0 aliphatic rings. The second kappa shape index (κ2) is 11.5. The highest BCUT2D eigenvalue weighted by atomic mass is 14.8. The number of pyridine rings is 2. The van der Waals surface area contributed by atoms with E-state index in [0.717, 1.165) is 22.8 Å². The van der Waals surface area contributed by atoms with Crippen molar-refractivity contribution < 1.29 is 0 Å². The molecule has 4 heteroatoms. The Bertz CT molecular complexity index is 1060. The molecule has 0 saturated heterocycles. The summed E-state index contributed by atoms with van der Waals surface area (Å²) in [4.78, 5) is 17.4. The van der Waals surface area contributed by atoms with Gasteiger partial charge < -0.3 is 0 Å². The molecule has 0 atom stereocenters. The molecule has 0 bridgehead atoms. The van der Waals surface area contributed by atoms with Crippen molar-refractivity contribution in [2.75, 3.05) is 0 Å². The number of hydrogen-bond donors (Lipinski definition) is 0. The van der Waals surface area contributed by atoms with Gasteiger partial charge in [0.1, 0.15) is 0 Å².